The largest absolute Gasteiger partial charge is 0.480 e. The smallest absolute Gasteiger partial charge is 0.232 e. The minimum atomic E-state index is 0.309. The summed E-state index contributed by atoms with van der Waals surface area (Å²) in [6.07, 6.45) is 3.42. The fourth-order valence-corrected chi connectivity index (χ4v) is 2.72. The summed E-state index contributed by atoms with van der Waals surface area (Å²) in [7, 11) is 1.51. The number of hydrogen-bond acceptors (Lipinski definition) is 4. The molecule has 0 aliphatic heterocycles. The summed E-state index contributed by atoms with van der Waals surface area (Å²) in [5.74, 6) is 0.309. The summed E-state index contributed by atoms with van der Waals surface area (Å²) in [6, 6.07) is 15.6. The van der Waals surface area contributed by atoms with Crippen molar-refractivity contribution in [2.75, 3.05) is 7.11 Å². The Morgan fingerprint density at radius 3 is 2.61 bits per heavy atom. The van der Waals surface area contributed by atoms with Gasteiger partial charge < -0.3 is 4.74 Å². The molecule has 23 heavy (non-hydrogen) atoms. The summed E-state index contributed by atoms with van der Waals surface area (Å²) in [5, 5.41) is 9.50. The number of ether oxygens (including phenoxy) is 1. The lowest BCUT2D eigenvalue weighted by molar-refractivity contribution is 0.397. The SMILES string of the molecule is COc1nc(-c2cccc(Br)c2)cc(-c2cccnc2)c1C#N. The first kappa shape index (κ1) is 15.2. The zero-order valence-corrected chi connectivity index (χ0v) is 13.9. The number of pyridine rings is 2. The molecule has 2 heterocycles. The number of halogens is 1. The van der Waals surface area contributed by atoms with Crippen LogP contribution >= 0.6 is 15.9 Å². The van der Waals surface area contributed by atoms with E-state index in [4.69, 9.17) is 4.74 Å². The van der Waals surface area contributed by atoms with Gasteiger partial charge in [0.25, 0.3) is 0 Å². The third kappa shape index (κ3) is 3.08. The highest BCUT2D eigenvalue weighted by Gasteiger charge is 2.16. The van der Waals surface area contributed by atoms with Gasteiger partial charge in [0.05, 0.1) is 12.8 Å². The number of hydrogen-bond donors (Lipinski definition) is 0. The molecule has 0 aliphatic rings. The van der Waals surface area contributed by atoms with E-state index in [-0.39, 0.29) is 0 Å². The Morgan fingerprint density at radius 1 is 1.13 bits per heavy atom. The third-order valence-electron chi connectivity index (χ3n) is 3.38. The molecule has 0 aliphatic carbocycles. The van der Waals surface area contributed by atoms with Gasteiger partial charge in [0.1, 0.15) is 11.6 Å². The van der Waals surface area contributed by atoms with Crippen LogP contribution in [-0.2, 0) is 0 Å². The zero-order valence-electron chi connectivity index (χ0n) is 12.3. The molecule has 112 valence electrons. The highest BCUT2D eigenvalue weighted by Crippen LogP contribution is 2.33. The van der Waals surface area contributed by atoms with Gasteiger partial charge in [-0.3, -0.25) is 4.98 Å². The van der Waals surface area contributed by atoms with E-state index < -0.39 is 0 Å². The van der Waals surface area contributed by atoms with Crippen molar-refractivity contribution < 1.29 is 4.74 Å². The maximum atomic E-state index is 9.50. The molecule has 0 fully saturated rings. The third-order valence-corrected chi connectivity index (χ3v) is 3.88. The number of nitriles is 1. The monoisotopic (exact) mass is 365 g/mol. The minimum absolute atomic E-state index is 0.309. The summed E-state index contributed by atoms with van der Waals surface area (Å²) in [4.78, 5) is 8.60. The molecule has 0 N–H and O–H groups in total. The van der Waals surface area contributed by atoms with Crippen molar-refractivity contribution in [2.45, 2.75) is 0 Å². The molecule has 4 nitrogen and oxygen atoms in total. The van der Waals surface area contributed by atoms with Crippen molar-refractivity contribution in [3.8, 4) is 34.3 Å². The van der Waals surface area contributed by atoms with Crippen molar-refractivity contribution in [1.29, 1.82) is 5.26 Å². The Morgan fingerprint density at radius 2 is 1.96 bits per heavy atom. The van der Waals surface area contributed by atoms with Crippen molar-refractivity contribution in [2.24, 2.45) is 0 Å². The number of benzene rings is 1. The average Bonchev–Trinajstić information content (AvgIpc) is 2.61. The first-order valence-corrected chi connectivity index (χ1v) is 7.67. The lowest BCUT2D eigenvalue weighted by Crippen LogP contribution is -1.98. The lowest BCUT2D eigenvalue weighted by Gasteiger charge is -2.11. The summed E-state index contributed by atoms with van der Waals surface area (Å²) in [5.41, 5.74) is 3.68. The second-order valence-corrected chi connectivity index (χ2v) is 5.72. The van der Waals surface area contributed by atoms with Crippen LogP contribution in [0.25, 0.3) is 22.4 Å². The molecule has 3 aromatic rings. The fraction of sp³-hybridized carbons (Fsp3) is 0.0556. The molecule has 0 spiro atoms. The number of nitrogens with zero attached hydrogens (tertiary/aromatic N) is 3. The summed E-state index contributed by atoms with van der Waals surface area (Å²) < 4.78 is 6.29. The molecule has 0 bridgehead atoms. The van der Waals surface area contributed by atoms with E-state index in [1.807, 2.05) is 42.5 Å². The first-order chi connectivity index (χ1) is 11.2. The van der Waals surface area contributed by atoms with Gasteiger partial charge in [-0.05, 0) is 24.3 Å². The van der Waals surface area contributed by atoms with Crippen LogP contribution in [0.15, 0.2) is 59.3 Å². The van der Waals surface area contributed by atoms with E-state index in [0.717, 1.165) is 26.9 Å². The van der Waals surface area contributed by atoms with Crippen molar-refractivity contribution in [1.82, 2.24) is 9.97 Å². The predicted molar refractivity (Wildman–Crippen MR) is 91.9 cm³/mol. The molecule has 0 saturated carbocycles. The Labute approximate surface area is 142 Å². The predicted octanol–water partition coefficient (Wildman–Crippen LogP) is 4.45. The van der Waals surface area contributed by atoms with Crippen molar-refractivity contribution in [3.05, 3.63) is 64.9 Å². The van der Waals surface area contributed by atoms with Gasteiger partial charge in [-0.1, -0.05) is 34.1 Å². The van der Waals surface area contributed by atoms with Gasteiger partial charge in [-0.25, -0.2) is 4.98 Å². The molecule has 0 amide bonds. The Kier molecular flexibility index (Phi) is 4.35. The number of methoxy groups -OCH3 is 1. The van der Waals surface area contributed by atoms with Crippen LogP contribution in [0.5, 0.6) is 5.88 Å². The number of rotatable bonds is 3. The van der Waals surface area contributed by atoms with Gasteiger partial charge in [0.15, 0.2) is 0 Å². The highest BCUT2D eigenvalue weighted by atomic mass is 79.9. The van der Waals surface area contributed by atoms with Crippen molar-refractivity contribution in [3.63, 3.8) is 0 Å². The van der Waals surface area contributed by atoms with E-state index in [0.29, 0.717) is 11.4 Å². The quantitative estimate of drug-likeness (QED) is 0.687. The first-order valence-electron chi connectivity index (χ1n) is 6.88. The maximum Gasteiger partial charge on any atom is 0.232 e. The van der Waals surface area contributed by atoms with Crippen LogP contribution in [0, 0.1) is 11.3 Å². The Balaban J connectivity index is 2.26. The standard InChI is InChI=1S/C18H12BrN3O/c1-23-18-16(10-20)15(13-5-3-7-21-11-13)9-17(22-18)12-4-2-6-14(19)8-12/h2-9,11H,1H3. The van der Waals surface area contributed by atoms with E-state index in [9.17, 15) is 5.26 Å². The van der Waals surface area contributed by atoms with Crippen LogP contribution in [0.4, 0.5) is 0 Å². The van der Waals surface area contributed by atoms with Gasteiger partial charge in [-0.2, -0.15) is 5.26 Å². The highest BCUT2D eigenvalue weighted by molar-refractivity contribution is 9.10. The Bertz CT molecular complexity index is 889. The second kappa shape index (κ2) is 6.59. The molecule has 0 atom stereocenters. The van der Waals surface area contributed by atoms with Crippen molar-refractivity contribution >= 4 is 15.9 Å². The molecule has 1 aromatic carbocycles. The second-order valence-electron chi connectivity index (χ2n) is 4.80. The van der Waals surface area contributed by atoms with Gasteiger partial charge in [0.2, 0.25) is 5.88 Å². The van der Waals surface area contributed by atoms with Gasteiger partial charge >= 0.3 is 0 Å². The van der Waals surface area contributed by atoms with Crippen LogP contribution in [0.1, 0.15) is 5.56 Å². The summed E-state index contributed by atoms with van der Waals surface area (Å²) >= 11 is 3.47. The Hall–Kier alpha value is -2.71. The molecule has 0 unspecified atom stereocenters. The van der Waals surface area contributed by atoms with Gasteiger partial charge in [-0.15, -0.1) is 0 Å². The molecular formula is C18H12BrN3O. The van der Waals surface area contributed by atoms with Crippen LogP contribution in [0.2, 0.25) is 0 Å². The normalized spacial score (nSPS) is 10.1. The molecule has 5 heteroatoms. The average molecular weight is 366 g/mol. The lowest BCUT2D eigenvalue weighted by atomic mass is 10.00. The maximum absolute atomic E-state index is 9.50. The van der Waals surface area contributed by atoms with Crippen LogP contribution < -0.4 is 4.74 Å². The molecule has 0 radical (unpaired) electrons. The van der Waals surface area contributed by atoms with E-state index in [1.165, 1.54) is 7.11 Å². The van der Waals surface area contributed by atoms with E-state index in [2.05, 4.69) is 32.0 Å². The van der Waals surface area contributed by atoms with Gasteiger partial charge in [0, 0.05) is 33.6 Å². The summed E-state index contributed by atoms with van der Waals surface area (Å²) in [6.45, 7) is 0. The minimum Gasteiger partial charge on any atom is -0.480 e. The fourth-order valence-electron chi connectivity index (χ4n) is 2.32. The van der Waals surface area contributed by atoms with E-state index >= 15 is 0 Å². The van der Waals surface area contributed by atoms with Crippen LogP contribution in [0.3, 0.4) is 0 Å². The van der Waals surface area contributed by atoms with E-state index in [1.54, 1.807) is 12.4 Å². The molecule has 3 rings (SSSR count). The molecular weight excluding hydrogens is 354 g/mol. The number of aromatic nitrogens is 2. The molecule has 2 aromatic heterocycles. The van der Waals surface area contributed by atoms with Crippen LogP contribution in [-0.4, -0.2) is 17.1 Å². The molecule has 0 saturated heterocycles. The zero-order chi connectivity index (χ0) is 16.2. The topological polar surface area (TPSA) is 58.8 Å².